The van der Waals surface area contributed by atoms with Gasteiger partial charge in [0.05, 0.1) is 11.7 Å². The Bertz CT molecular complexity index is 624. The quantitative estimate of drug-likeness (QED) is 0.673. The smallest absolute Gasteiger partial charge is 0.123 e. The zero-order valence-electron chi connectivity index (χ0n) is 11.7. The normalized spacial score (nSPS) is 12.7. The molecule has 0 saturated carbocycles. The van der Waals surface area contributed by atoms with Crippen LogP contribution in [0.25, 0.3) is 0 Å². The van der Waals surface area contributed by atoms with Crippen molar-refractivity contribution in [1.29, 1.82) is 0 Å². The molecule has 0 bridgehead atoms. The summed E-state index contributed by atoms with van der Waals surface area (Å²) in [6.07, 6.45) is 0.500. The molecule has 1 aromatic heterocycles. The molecule has 0 saturated heterocycles. The molecule has 0 aliphatic carbocycles. The molecule has 3 N–H and O–H groups in total. The molecule has 0 spiro atoms. The number of aryl methyl sites for hydroxylation is 2. The van der Waals surface area contributed by atoms with Gasteiger partial charge in [0.15, 0.2) is 0 Å². The van der Waals surface area contributed by atoms with Gasteiger partial charge in [0.1, 0.15) is 5.82 Å². The van der Waals surface area contributed by atoms with Crippen LogP contribution in [0.15, 0.2) is 18.2 Å². The third kappa shape index (κ3) is 2.85. The Balaban J connectivity index is 2.36. The lowest BCUT2D eigenvalue weighted by molar-refractivity contribution is 0.543. The number of rotatable bonds is 4. The summed E-state index contributed by atoms with van der Waals surface area (Å²) < 4.78 is 15.1. The fourth-order valence-corrected chi connectivity index (χ4v) is 2.65. The molecular formula is C14H18ClFN4. The predicted molar refractivity (Wildman–Crippen MR) is 77.9 cm³/mol. The number of benzene rings is 1. The summed E-state index contributed by atoms with van der Waals surface area (Å²) in [7, 11) is 1.88. The number of halogens is 2. The zero-order chi connectivity index (χ0) is 14.9. The standard InChI is InChI=1S/C14H18ClFN4/c1-8-14(9(2)20(3)19-8)13(18-17)7-10-6-11(16)4-5-12(10)15/h4-6,13,18H,7,17H2,1-3H3. The van der Waals surface area contributed by atoms with E-state index in [1.807, 2.05) is 25.6 Å². The van der Waals surface area contributed by atoms with Crippen molar-refractivity contribution in [2.24, 2.45) is 12.9 Å². The van der Waals surface area contributed by atoms with Crippen LogP contribution in [0.1, 0.15) is 28.6 Å². The number of nitrogens with zero attached hydrogens (tertiary/aromatic N) is 2. The summed E-state index contributed by atoms with van der Waals surface area (Å²) in [5, 5.41) is 4.91. The van der Waals surface area contributed by atoms with E-state index >= 15 is 0 Å². The fraction of sp³-hybridized carbons (Fsp3) is 0.357. The van der Waals surface area contributed by atoms with Crippen molar-refractivity contribution in [3.8, 4) is 0 Å². The van der Waals surface area contributed by atoms with Crippen molar-refractivity contribution in [1.82, 2.24) is 15.2 Å². The number of aromatic nitrogens is 2. The average Bonchev–Trinajstić information content (AvgIpc) is 2.65. The van der Waals surface area contributed by atoms with Crippen LogP contribution >= 0.6 is 11.6 Å². The molecule has 4 nitrogen and oxygen atoms in total. The Morgan fingerprint density at radius 1 is 1.45 bits per heavy atom. The van der Waals surface area contributed by atoms with Gasteiger partial charge in [0, 0.05) is 23.3 Å². The summed E-state index contributed by atoms with van der Waals surface area (Å²) in [5.41, 5.74) is 6.45. The van der Waals surface area contributed by atoms with E-state index in [0.29, 0.717) is 11.4 Å². The van der Waals surface area contributed by atoms with Crippen LogP contribution in [0.2, 0.25) is 5.02 Å². The largest absolute Gasteiger partial charge is 0.272 e. The van der Waals surface area contributed by atoms with Crippen molar-refractivity contribution in [3.05, 3.63) is 51.6 Å². The third-order valence-corrected chi connectivity index (χ3v) is 3.92. The van der Waals surface area contributed by atoms with E-state index in [1.165, 1.54) is 12.1 Å². The molecule has 2 aromatic rings. The molecule has 1 heterocycles. The van der Waals surface area contributed by atoms with Gasteiger partial charge in [-0.3, -0.25) is 16.0 Å². The van der Waals surface area contributed by atoms with E-state index in [2.05, 4.69) is 10.5 Å². The Hall–Kier alpha value is -1.43. The second-order valence-corrected chi connectivity index (χ2v) is 5.27. The van der Waals surface area contributed by atoms with Gasteiger partial charge in [0.25, 0.3) is 0 Å². The predicted octanol–water partition coefficient (Wildman–Crippen LogP) is 2.58. The first kappa shape index (κ1) is 15.0. The lowest BCUT2D eigenvalue weighted by atomic mass is 9.97. The molecule has 2 rings (SSSR count). The minimum atomic E-state index is -0.306. The molecule has 20 heavy (non-hydrogen) atoms. The van der Waals surface area contributed by atoms with Gasteiger partial charge in [-0.05, 0) is 44.0 Å². The topological polar surface area (TPSA) is 55.9 Å². The first-order chi connectivity index (χ1) is 9.43. The summed E-state index contributed by atoms with van der Waals surface area (Å²) in [6, 6.07) is 4.18. The van der Waals surface area contributed by atoms with E-state index in [9.17, 15) is 4.39 Å². The van der Waals surface area contributed by atoms with Crippen molar-refractivity contribution in [3.63, 3.8) is 0 Å². The van der Waals surface area contributed by atoms with Crippen molar-refractivity contribution in [2.45, 2.75) is 26.3 Å². The highest BCUT2D eigenvalue weighted by Crippen LogP contribution is 2.27. The lowest BCUT2D eigenvalue weighted by Gasteiger charge is -2.17. The Labute approximate surface area is 122 Å². The van der Waals surface area contributed by atoms with Gasteiger partial charge < -0.3 is 0 Å². The number of nitrogens with two attached hydrogens (primary N) is 1. The van der Waals surface area contributed by atoms with Gasteiger partial charge in [-0.25, -0.2) is 4.39 Å². The molecule has 1 atom stereocenters. The lowest BCUT2D eigenvalue weighted by Crippen LogP contribution is -2.30. The Morgan fingerprint density at radius 3 is 2.70 bits per heavy atom. The van der Waals surface area contributed by atoms with Crippen LogP contribution in [0.3, 0.4) is 0 Å². The molecular weight excluding hydrogens is 279 g/mol. The maximum Gasteiger partial charge on any atom is 0.123 e. The fourth-order valence-electron chi connectivity index (χ4n) is 2.46. The molecule has 6 heteroatoms. The van der Waals surface area contributed by atoms with E-state index in [1.54, 1.807) is 6.07 Å². The van der Waals surface area contributed by atoms with E-state index in [0.717, 1.165) is 22.5 Å². The van der Waals surface area contributed by atoms with Gasteiger partial charge in [0.2, 0.25) is 0 Å². The maximum atomic E-state index is 13.3. The first-order valence-corrected chi connectivity index (χ1v) is 6.72. The number of nitrogens with one attached hydrogen (secondary N) is 1. The van der Waals surface area contributed by atoms with Gasteiger partial charge in [-0.1, -0.05) is 11.6 Å². The van der Waals surface area contributed by atoms with Gasteiger partial charge in [-0.15, -0.1) is 0 Å². The molecule has 0 radical (unpaired) electrons. The van der Waals surface area contributed by atoms with E-state index in [-0.39, 0.29) is 11.9 Å². The molecule has 1 aromatic carbocycles. The molecule has 0 aliphatic rings. The highest BCUT2D eigenvalue weighted by Gasteiger charge is 2.20. The van der Waals surface area contributed by atoms with E-state index in [4.69, 9.17) is 17.4 Å². The van der Waals surface area contributed by atoms with Crippen LogP contribution in [-0.4, -0.2) is 9.78 Å². The first-order valence-electron chi connectivity index (χ1n) is 6.34. The summed E-state index contributed by atoms with van der Waals surface area (Å²) in [5.74, 6) is 5.36. The molecule has 0 amide bonds. The van der Waals surface area contributed by atoms with Gasteiger partial charge in [-0.2, -0.15) is 5.10 Å². The third-order valence-electron chi connectivity index (χ3n) is 3.55. The van der Waals surface area contributed by atoms with Crippen LogP contribution in [0.4, 0.5) is 4.39 Å². The molecule has 0 fully saturated rings. The monoisotopic (exact) mass is 296 g/mol. The van der Waals surface area contributed by atoms with Crippen LogP contribution in [0.5, 0.6) is 0 Å². The summed E-state index contributed by atoms with van der Waals surface area (Å²) in [4.78, 5) is 0. The van der Waals surface area contributed by atoms with Crippen LogP contribution in [-0.2, 0) is 13.5 Å². The number of hydrazine groups is 1. The minimum absolute atomic E-state index is 0.164. The molecule has 0 aliphatic heterocycles. The molecule has 1 unspecified atom stereocenters. The number of hydrogen-bond acceptors (Lipinski definition) is 3. The second kappa shape index (κ2) is 5.91. The molecule has 108 valence electrons. The van der Waals surface area contributed by atoms with E-state index < -0.39 is 0 Å². The summed E-state index contributed by atoms with van der Waals surface area (Å²) in [6.45, 7) is 3.91. The highest BCUT2D eigenvalue weighted by atomic mass is 35.5. The SMILES string of the molecule is Cc1nn(C)c(C)c1C(Cc1cc(F)ccc1Cl)NN. The van der Waals surface area contributed by atoms with Gasteiger partial charge >= 0.3 is 0 Å². The zero-order valence-corrected chi connectivity index (χ0v) is 12.5. The Morgan fingerprint density at radius 2 is 2.15 bits per heavy atom. The summed E-state index contributed by atoms with van der Waals surface area (Å²) >= 11 is 6.11. The maximum absolute atomic E-state index is 13.3. The van der Waals surface area contributed by atoms with Crippen molar-refractivity contribution in [2.75, 3.05) is 0 Å². The van der Waals surface area contributed by atoms with Crippen molar-refractivity contribution >= 4 is 11.6 Å². The van der Waals surface area contributed by atoms with Crippen molar-refractivity contribution < 1.29 is 4.39 Å². The highest BCUT2D eigenvalue weighted by molar-refractivity contribution is 6.31. The minimum Gasteiger partial charge on any atom is -0.272 e. The van der Waals surface area contributed by atoms with Crippen LogP contribution < -0.4 is 11.3 Å². The van der Waals surface area contributed by atoms with Crippen LogP contribution in [0, 0.1) is 19.7 Å². The Kier molecular flexibility index (Phi) is 4.42. The number of hydrogen-bond donors (Lipinski definition) is 2. The second-order valence-electron chi connectivity index (χ2n) is 4.87. The average molecular weight is 297 g/mol.